The van der Waals surface area contributed by atoms with Gasteiger partial charge in [0, 0.05) is 24.5 Å². The molecule has 0 atom stereocenters. The van der Waals surface area contributed by atoms with Crippen LogP contribution in [0.25, 0.3) is 0 Å². The molecule has 1 heterocycles. The van der Waals surface area contributed by atoms with Gasteiger partial charge >= 0.3 is 0 Å². The molecule has 0 spiro atoms. The molecule has 1 aromatic heterocycles. The van der Waals surface area contributed by atoms with Crippen molar-refractivity contribution in [3.8, 4) is 0 Å². The molecule has 5 nitrogen and oxygen atoms in total. The second-order valence-electron chi connectivity index (χ2n) is 3.97. The molecule has 0 radical (unpaired) electrons. The second kappa shape index (κ2) is 6.57. The minimum Gasteiger partial charge on any atom is -0.395 e. The van der Waals surface area contributed by atoms with E-state index in [1.165, 1.54) is 11.3 Å². The van der Waals surface area contributed by atoms with Crippen LogP contribution in [0.2, 0.25) is 5.02 Å². The van der Waals surface area contributed by atoms with E-state index >= 15 is 0 Å². The summed E-state index contributed by atoms with van der Waals surface area (Å²) in [6.45, 7) is 0.100. The fraction of sp³-hybridized carbons (Fsp3) is 0.182. The molecule has 114 valence electrons. The van der Waals surface area contributed by atoms with E-state index in [-0.39, 0.29) is 21.7 Å². The van der Waals surface area contributed by atoms with E-state index in [9.17, 15) is 12.8 Å². The summed E-state index contributed by atoms with van der Waals surface area (Å²) in [5, 5.41) is 2.60. The van der Waals surface area contributed by atoms with E-state index in [4.69, 9.17) is 17.3 Å². The van der Waals surface area contributed by atoms with Crippen LogP contribution in [0.1, 0.15) is 5.01 Å². The highest BCUT2D eigenvalue weighted by Gasteiger charge is 2.23. The SMILES string of the molecule is Nc1c(F)c(S(=O)(=O)NCCc2nccs2)cc(Cl)c1Br. The zero-order chi connectivity index (χ0) is 15.6. The summed E-state index contributed by atoms with van der Waals surface area (Å²) >= 11 is 10.2. The van der Waals surface area contributed by atoms with Crippen LogP contribution in [0, 0.1) is 5.82 Å². The largest absolute Gasteiger partial charge is 0.395 e. The van der Waals surface area contributed by atoms with E-state index in [2.05, 4.69) is 25.6 Å². The van der Waals surface area contributed by atoms with Gasteiger partial charge in [0.25, 0.3) is 0 Å². The van der Waals surface area contributed by atoms with Gasteiger partial charge in [-0.3, -0.25) is 0 Å². The van der Waals surface area contributed by atoms with Crippen LogP contribution in [-0.4, -0.2) is 19.9 Å². The van der Waals surface area contributed by atoms with Gasteiger partial charge in [0.15, 0.2) is 5.82 Å². The highest BCUT2D eigenvalue weighted by atomic mass is 79.9. The van der Waals surface area contributed by atoms with E-state index in [0.29, 0.717) is 6.42 Å². The first-order valence-electron chi connectivity index (χ1n) is 5.64. The molecule has 2 aromatic rings. The maximum Gasteiger partial charge on any atom is 0.243 e. The molecule has 0 fully saturated rings. The van der Waals surface area contributed by atoms with E-state index in [0.717, 1.165) is 11.1 Å². The number of sulfonamides is 1. The van der Waals surface area contributed by atoms with Gasteiger partial charge in [0.2, 0.25) is 10.0 Å². The average molecular weight is 415 g/mol. The van der Waals surface area contributed by atoms with Crippen LogP contribution in [-0.2, 0) is 16.4 Å². The summed E-state index contributed by atoms with van der Waals surface area (Å²) in [5.74, 6) is -1.03. The van der Waals surface area contributed by atoms with Gasteiger partial charge in [-0.1, -0.05) is 11.6 Å². The molecule has 0 saturated carbocycles. The number of halogens is 3. The van der Waals surface area contributed by atoms with Crippen molar-refractivity contribution in [3.63, 3.8) is 0 Å². The van der Waals surface area contributed by atoms with Crippen LogP contribution in [0.3, 0.4) is 0 Å². The molecule has 0 amide bonds. The Hall–Kier alpha value is -0.740. The lowest BCUT2D eigenvalue weighted by Gasteiger charge is -2.10. The van der Waals surface area contributed by atoms with Gasteiger partial charge < -0.3 is 5.73 Å². The molecule has 0 unspecified atom stereocenters. The summed E-state index contributed by atoms with van der Waals surface area (Å²) in [6.07, 6.45) is 2.04. The van der Waals surface area contributed by atoms with Crippen LogP contribution in [0.4, 0.5) is 10.1 Å². The number of thiazole rings is 1. The summed E-state index contributed by atoms with van der Waals surface area (Å²) < 4.78 is 40.6. The van der Waals surface area contributed by atoms with Crippen molar-refractivity contribution in [3.05, 3.63) is 38.0 Å². The van der Waals surface area contributed by atoms with E-state index in [1.54, 1.807) is 11.6 Å². The molecule has 1 aromatic carbocycles. The van der Waals surface area contributed by atoms with Crippen molar-refractivity contribution in [2.24, 2.45) is 0 Å². The third-order valence-corrected chi connectivity index (χ3v) is 6.24. The Bertz CT molecular complexity index is 753. The summed E-state index contributed by atoms with van der Waals surface area (Å²) in [7, 11) is -4.04. The molecule has 0 aliphatic heterocycles. The third-order valence-electron chi connectivity index (χ3n) is 2.56. The van der Waals surface area contributed by atoms with Gasteiger partial charge in [0.05, 0.1) is 20.2 Å². The Balaban J connectivity index is 2.20. The van der Waals surface area contributed by atoms with Crippen LogP contribution < -0.4 is 10.5 Å². The molecular formula is C11H10BrClFN3O2S2. The molecule has 2 rings (SSSR count). The predicted molar refractivity (Wildman–Crippen MR) is 84.5 cm³/mol. The summed E-state index contributed by atoms with van der Waals surface area (Å²) in [4.78, 5) is 3.45. The fourth-order valence-corrected chi connectivity index (χ4v) is 3.87. The lowest BCUT2D eigenvalue weighted by Crippen LogP contribution is -2.27. The number of nitrogens with one attached hydrogen (secondary N) is 1. The zero-order valence-electron chi connectivity index (χ0n) is 10.4. The second-order valence-corrected chi connectivity index (χ2v) is 7.89. The Morgan fingerprint density at radius 3 is 2.86 bits per heavy atom. The molecule has 0 aliphatic carbocycles. The topological polar surface area (TPSA) is 85.1 Å². The van der Waals surface area contributed by atoms with Crippen molar-refractivity contribution < 1.29 is 12.8 Å². The molecule has 0 aliphatic rings. The molecule has 10 heteroatoms. The van der Waals surface area contributed by atoms with E-state index in [1.807, 2.05) is 0 Å². The Labute approximate surface area is 138 Å². The molecule has 0 saturated heterocycles. The van der Waals surface area contributed by atoms with Crippen LogP contribution in [0.5, 0.6) is 0 Å². The smallest absolute Gasteiger partial charge is 0.243 e. The molecule has 3 N–H and O–H groups in total. The number of nitrogens with two attached hydrogens (primary N) is 1. The Morgan fingerprint density at radius 2 is 2.24 bits per heavy atom. The molecular weight excluding hydrogens is 405 g/mol. The van der Waals surface area contributed by atoms with Gasteiger partial charge in [-0.05, 0) is 22.0 Å². The predicted octanol–water partition coefficient (Wildman–Crippen LogP) is 2.80. The number of nitrogen functional groups attached to an aromatic ring is 1. The quantitative estimate of drug-likeness (QED) is 0.582. The lowest BCUT2D eigenvalue weighted by atomic mass is 10.3. The Morgan fingerprint density at radius 1 is 1.52 bits per heavy atom. The number of hydrogen-bond donors (Lipinski definition) is 2. The molecule has 0 bridgehead atoms. The number of nitrogens with zero attached hydrogens (tertiary/aromatic N) is 1. The number of aromatic nitrogens is 1. The summed E-state index contributed by atoms with van der Waals surface area (Å²) in [5.41, 5.74) is 5.13. The van der Waals surface area contributed by atoms with Crippen molar-refractivity contribution in [2.45, 2.75) is 11.3 Å². The first kappa shape index (κ1) is 16.6. The van der Waals surface area contributed by atoms with Crippen molar-refractivity contribution in [1.29, 1.82) is 0 Å². The van der Waals surface area contributed by atoms with E-state index < -0.39 is 20.7 Å². The minimum absolute atomic E-state index is 0.0224. The van der Waals surface area contributed by atoms with Gasteiger partial charge in [0.1, 0.15) is 4.90 Å². The summed E-state index contributed by atoms with van der Waals surface area (Å²) in [6, 6.07) is 1.02. The molecule has 21 heavy (non-hydrogen) atoms. The zero-order valence-corrected chi connectivity index (χ0v) is 14.4. The highest BCUT2D eigenvalue weighted by molar-refractivity contribution is 9.10. The standard InChI is InChI=1S/C11H10BrClFN3O2S2/c12-9-6(13)5-7(10(14)11(9)15)21(18,19)17-2-1-8-16-3-4-20-8/h3-5,17H,1-2,15H2. The minimum atomic E-state index is -4.04. The monoisotopic (exact) mass is 413 g/mol. The van der Waals surface area contributed by atoms with Gasteiger partial charge in [-0.25, -0.2) is 22.5 Å². The maximum atomic E-state index is 14.0. The van der Waals surface area contributed by atoms with Gasteiger partial charge in [-0.15, -0.1) is 11.3 Å². The number of anilines is 1. The lowest BCUT2D eigenvalue weighted by molar-refractivity contribution is 0.558. The highest BCUT2D eigenvalue weighted by Crippen LogP contribution is 2.34. The number of rotatable bonds is 5. The maximum absolute atomic E-state index is 14.0. The number of benzene rings is 1. The normalized spacial score (nSPS) is 11.8. The number of hydrogen-bond acceptors (Lipinski definition) is 5. The van der Waals surface area contributed by atoms with Crippen LogP contribution >= 0.6 is 38.9 Å². The Kier molecular flexibility index (Phi) is 5.20. The van der Waals surface area contributed by atoms with Crippen molar-refractivity contribution in [1.82, 2.24) is 9.71 Å². The van der Waals surface area contributed by atoms with Crippen molar-refractivity contribution >= 4 is 54.6 Å². The van der Waals surface area contributed by atoms with Crippen LogP contribution in [0.15, 0.2) is 27.0 Å². The fourth-order valence-electron chi connectivity index (χ4n) is 1.54. The van der Waals surface area contributed by atoms with Crippen molar-refractivity contribution in [2.75, 3.05) is 12.3 Å². The first-order chi connectivity index (χ1) is 9.83. The van der Waals surface area contributed by atoms with Gasteiger partial charge in [-0.2, -0.15) is 0 Å². The average Bonchev–Trinajstić information content (AvgIpc) is 2.93. The third kappa shape index (κ3) is 3.72. The first-order valence-corrected chi connectivity index (χ1v) is 9.17.